The summed E-state index contributed by atoms with van der Waals surface area (Å²) in [6.07, 6.45) is 4.03. The summed E-state index contributed by atoms with van der Waals surface area (Å²) in [4.78, 5) is 0. The number of hydrogen-bond acceptors (Lipinski definition) is 2. The average Bonchev–Trinajstić information content (AvgIpc) is 2.71. The van der Waals surface area contributed by atoms with Crippen LogP contribution in [0.5, 0.6) is 5.75 Å². The first-order valence-electron chi connectivity index (χ1n) is 5.74. The Morgan fingerprint density at radius 2 is 1.82 bits per heavy atom. The van der Waals surface area contributed by atoms with Crippen LogP contribution >= 0.6 is 0 Å². The molecule has 2 N–H and O–H groups in total. The Kier molecular flexibility index (Phi) is 3.09. The highest BCUT2D eigenvalue weighted by molar-refractivity contribution is 5.80. The second kappa shape index (κ2) is 4.53. The van der Waals surface area contributed by atoms with Crippen molar-refractivity contribution in [3.63, 3.8) is 0 Å². The van der Waals surface area contributed by atoms with Crippen molar-refractivity contribution in [1.29, 1.82) is 0 Å². The fourth-order valence-corrected chi connectivity index (χ4v) is 1.88. The van der Waals surface area contributed by atoms with Gasteiger partial charge in [-0.1, -0.05) is 18.2 Å². The summed E-state index contributed by atoms with van der Waals surface area (Å²) in [6, 6.07) is 8.32. The Morgan fingerprint density at radius 3 is 2.41 bits per heavy atom. The molecular formula is C14H18N2O. The van der Waals surface area contributed by atoms with E-state index < -0.39 is 0 Å². The van der Waals surface area contributed by atoms with E-state index in [1.54, 1.807) is 7.11 Å². The first-order chi connectivity index (χ1) is 8.13. The molecule has 1 heterocycles. The van der Waals surface area contributed by atoms with E-state index in [4.69, 9.17) is 10.5 Å². The van der Waals surface area contributed by atoms with Gasteiger partial charge in [-0.2, -0.15) is 0 Å². The van der Waals surface area contributed by atoms with E-state index >= 15 is 0 Å². The lowest BCUT2D eigenvalue weighted by Crippen LogP contribution is -1.95. The average molecular weight is 230 g/mol. The van der Waals surface area contributed by atoms with Gasteiger partial charge in [-0.15, -0.1) is 0 Å². The van der Waals surface area contributed by atoms with Crippen molar-refractivity contribution in [2.75, 3.05) is 12.8 Å². The molecule has 0 atom stereocenters. The van der Waals surface area contributed by atoms with Gasteiger partial charge in [-0.25, -0.2) is 0 Å². The number of nitrogens with two attached hydrogens (primary N) is 1. The van der Waals surface area contributed by atoms with Crippen LogP contribution in [0, 0.1) is 0 Å². The lowest BCUT2D eigenvalue weighted by molar-refractivity contribution is 0.416. The van der Waals surface area contributed by atoms with Crippen LogP contribution in [-0.4, -0.2) is 11.7 Å². The molecule has 0 bridgehead atoms. The van der Waals surface area contributed by atoms with E-state index in [9.17, 15) is 0 Å². The zero-order chi connectivity index (χ0) is 12.4. The molecular weight excluding hydrogens is 212 g/mol. The summed E-state index contributed by atoms with van der Waals surface area (Å²) in [5.74, 6) is 0.848. The number of benzene rings is 1. The number of aromatic nitrogens is 1. The molecule has 3 nitrogen and oxygen atoms in total. The Balaban J connectivity index is 2.52. The van der Waals surface area contributed by atoms with Gasteiger partial charge < -0.3 is 15.0 Å². The van der Waals surface area contributed by atoms with Crippen LogP contribution in [0.4, 0.5) is 5.69 Å². The van der Waals surface area contributed by atoms with Gasteiger partial charge in [-0.3, -0.25) is 0 Å². The quantitative estimate of drug-likeness (QED) is 0.878. The Labute approximate surface area is 102 Å². The molecule has 1 aromatic heterocycles. The third kappa shape index (κ3) is 2.13. The molecule has 0 aliphatic carbocycles. The molecule has 0 amide bonds. The molecule has 0 unspecified atom stereocenters. The van der Waals surface area contributed by atoms with E-state index in [-0.39, 0.29) is 0 Å². The number of rotatable bonds is 3. The van der Waals surface area contributed by atoms with Crippen LogP contribution < -0.4 is 10.5 Å². The second-order valence-corrected chi connectivity index (χ2v) is 4.37. The highest BCUT2D eigenvalue weighted by atomic mass is 16.5. The summed E-state index contributed by atoms with van der Waals surface area (Å²) in [6.45, 7) is 4.26. The van der Waals surface area contributed by atoms with Gasteiger partial charge in [0.05, 0.1) is 12.8 Å². The van der Waals surface area contributed by atoms with E-state index in [2.05, 4.69) is 24.6 Å². The van der Waals surface area contributed by atoms with Gasteiger partial charge in [-0.05, 0) is 19.9 Å². The maximum atomic E-state index is 6.06. The number of anilines is 1. The minimum absolute atomic E-state index is 0.403. The molecule has 0 saturated carbocycles. The summed E-state index contributed by atoms with van der Waals surface area (Å²) < 4.78 is 7.47. The number of methoxy groups -OCH3 is 1. The minimum Gasteiger partial charge on any atom is -0.496 e. The Hall–Kier alpha value is -1.90. The predicted molar refractivity (Wildman–Crippen MR) is 71.2 cm³/mol. The van der Waals surface area contributed by atoms with Crippen LogP contribution in [0.1, 0.15) is 19.9 Å². The molecule has 3 heteroatoms. The number of nitrogens with zero attached hydrogens (tertiary/aromatic N) is 1. The maximum absolute atomic E-state index is 6.06. The third-order valence-corrected chi connectivity index (χ3v) is 2.87. The second-order valence-electron chi connectivity index (χ2n) is 4.37. The van der Waals surface area contributed by atoms with Crippen molar-refractivity contribution in [1.82, 2.24) is 4.57 Å². The molecule has 0 spiro atoms. The van der Waals surface area contributed by atoms with E-state index in [0.717, 1.165) is 22.6 Å². The number of hydrogen-bond donors (Lipinski definition) is 1. The Bertz CT molecular complexity index is 515. The van der Waals surface area contributed by atoms with Crippen molar-refractivity contribution in [2.45, 2.75) is 19.9 Å². The molecule has 1 aromatic carbocycles. The van der Waals surface area contributed by atoms with Crippen LogP contribution in [0.25, 0.3) is 11.1 Å². The Morgan fingerprint density at radius 1 is 1.12 bits per heavy atom. The molecule has 90 valence electrons. The highest BCUT2D eigenvalue weighted by Gasteiger charge is 2.11. The lowest BCUT2D eigenvalue weighted by Gasteiger charge is -2.08. The molecule has 2 aromatic rings. The van der Waals surface area contributed by atoms with E-state index in [0.29, 0.717) is 6.04 Å². The van der Waals surface area contributed by atoms with Gasteiger partial charge >= 0.3 is 0 Å². The fourth-order valence-electron chi connectivity index (χ4n) is 1.88. The van der Waals surface area contributed by atoms with Crippen molar-refractivity contribution in [3.8, 4) is 16.9 Å². The topological polar surface area (TPSA) is 40.2 Å². The molecule has 0 aliphatic heterocycles. The van der Waals surface area contributed by atoms with Gasteiger partial charge in [0.2, 0.25) is 0 Å². The standard InChI is InChI=1S/C14H18N2O/c1-10(2)16-8-12(13(15)9-16)11-6-4-5-7-14(11)17-3/h4-10H,15H2,1-3H3. The van der Waals surface area contributed by atoms with Crippen molar-refractivity contribution >= 4 is 5.69 Å². The number of ether oxygens (including phenoxy) is 1. The fraction of sp³-hybridized carbons (Fsp3) is 0.286. The monoisotopic (exact) mass is 230 g/mol. The zero-order valence-electron chi connectivity index (χ0n) is 10.5. The highest BCUT2D eigenvalue weighted by Crippen LogP contribution is 2.34. The molecule has 0 aliphatic rings. The van der Waals surface area contributed by atoms with Crippen LogP contribution in [0.3, 0.4) is 0 Å². The maximum Gasteiger partial charge on any atom is 0.126 e. The first-order valence-corrected chi connectivity index (χ1v) is 5.74. The largest absolute Gasteiger partial charge is 0.496 e. The number of para-hydroxylation sites is 1. The SMILES string of the molecule is COc1ccccc1-c1cn(C(C)C)cc1N. The van der Waals surface area contributed by atoms with Crippen LogP contribution in [0.15, 0.2) is 36.7 Å². The smallest absolute Gasteiger partial charge is 0.126 e. The van der Waals surface area contributed by atoms with E-state index in [1.807, 2.05) is 30.5 Å². The predicted octanol–water partition coefficient (Wildman–Crippen LogP) is 3.33. The van der Waals surface area contributed by atoms with Crippen molar-refractivity contribution in [2.24, 2.45) is 0 Å². The first kappa shape index (κ1) is 11.6. The molecule has 0 saturated heterocycles. The third-order valence-electron chi connectivity index (χ3n) is 2.87. The molecule has 0 fully saturated rings. The normalized spacial score (nSPS) is 10.8. The van der Waals surface area contributed by atoms with Crippen molar-refractivity contribution in [3.05, 3.63) is 36.7 Å². The summed E-state index contributed by atoms with van der Waals surface area (Å²) in [7, 11) is 1.68. The van der Waals surface area contributed by atoms with Gasteiger partial charge in [0.1, 0.15) is 5.75 Å². The lowest BCUT2D eigenvalue weighted by atomic mass is 10.1. The van der Waals surface area contributed by atoms with Crippen molar-refractivity contribution < 1.29 is 4.74 Å². The summed E-state index contributed by atoms with van der Waals surface area (Å²) in [5.41, 5.74) is 8.90. The van der Waals surface area contributed by atoms with Gasteiger partial charge in [0.25, 0.3) is 0 Å². The molecule has 0 radical (unpaired) electrons. The molecule has 17 heavy (non-hydrogen) atoms. The number of nitrogen functional groups attached to an aromatic ring is 1. The van der Waals surface area contributed by atoms with Gasteiger partial charge in [0.15, 0.2) is 0 Å². The van der Waals surface area contributed by atoms with E-state index in [1.165, 1.54) is 0 Å². The summed E-state index contributed by atoms with van der Waals surface area (Å²) >= 11 is 0. The summed E-state index contributed by atoms with van der Waals surface area (Å²) in [5, 5.41) is 0. The van der Waals surface area contributed by atoms with Gasteiger partial charge in [0, 0.05) is 29.6 Å². The van der Waals surface area contributed by atoms with Crippen LogP contribution in [0.2, 0.25) is 0 Å². The molecule has 2 rings (SSSR count). The zero-order valence-corrected chi connectivity index (χ0v) is 10.5. The van der Waals surface area contributed by atoms with Crippen LogP contribution in [-0.2, 0) is 0 Å². The minimum atomic E-state index is 0.403.